The van der Waals surface area contributed by atoms with Gasteiger partial charge in [-0.25, -0.2) is 4.79 Å². The summed E-state index contributed by atoms with van der Waals surface area (Å²) in [6.45, 7) is 0.683. The maximum atomic E-state index is 12.6. The summed E-state index contributed by atoms with van der Waals surface area (Å²) < 4.78 is 6.15. The Labute approximate surface area is 160 Å². The monoisotopic (exact) mass is 417 g/mol. The number of benzene rings is 2. The first-order chi connectivity index (χ1) is 12.6. The number of likely N-dealkylation sites (tertiary alicyclic amines) is 1. The van der Waals surface area contributed by atoms with E-state index in [1.165, 1.54) is 0 Å². The number of rotatable bonds is 5. The number of ether oxygens (including phenoxy) is 1. The summed E-state index contributed by atoms with van der Waals surface area (Å²) in [4.78, 5) is 26.1. The number of carbonyl (C=O) groups is 2. The van der Waals surface area contributed by atoms with Crippen molar-refractivity contribution in [1.29, 1.82) is 0 Å². The molecule has 1 aliphatic heterocycles. The molecule has 1 N–H and O–H groups in total. The van der Waals surface area contributed by atoms with E-state index in [-0.39, 0.29) is 6.61 Å². The average molecular weight is 418 g/mol. The Bertz CT molecular complexity index is 780. The molecule has 2 atom stereocenters. The summed E-state index contributed by atoms with van der Waals surface area (Å²) in [7, 11) is 0. The van der Waals surface area contributed by atoms with Crippen molar-refractivity contribution in [3.63, 3.8) is 0 Å². The summed E-state index contributed by atoms with van der Waals surface area (Å²) in [5.74, 6) is -1.73. The number of hydrogen-bond acceptors (Lipinski definition) is 3. The summed E-state index contributed by atoms with van der Waals surface area (Å²) in [6.07, 6.45) is 0.938. The second kappa shape index (κ2) is 8.36. The lowest BCUT2D eigenvalue weighted by molar-refractivity contribution is -0.140. The van der Waals surface area contributed by atoms with Gasteiger partial charge in [-0.15, -0.1) is 0 Å². The highest BCUT2D eigenvalue weighted by molar-refractivity contribution is 9.10. The van der Waals surface area contributed by atoms with E-state index >= 15 is 0 Å². The molecule has 136 valence electrons. The number of carboxylic acids is 1. The summed E-state index contributed by atoms with van der Waals surface area (Å²) in [6, 6.07) is 16.3. The van der Waals surface area contributed by atoms with Crippen LogP contribution >= 0.6 is 15.9 Å². The molecule has 0 spiro atoms. The summed E-state index contributed by atoms with van der Waals surface area (Å²) >= 11 is 3.43. The molecule has 1 amide bonds. The third kappa shape index (κ3) is 4.07. The minimum absolute atomic E-state index is 0.176. The largest absolute Gasteiger partial charge is 0.481 e. The zero-order valence-corrected chi connectivity index (χ0v) is 15.8. The van der Waals surface area contributed by atoms with Gasteiger partial charge >= 0.3 is 12.1 Å². The first kappa shape index (κ1) is 18.5. The van der Waals surface area contributed by atoms with Crippen LogP contribution in [-0.4, -0.2) is 34.7 Å². The molecule has 26 heavy (non-hydrogen) atoms. The quantitative estimate of drug-likeness (QED) is 0.781. The van der Waals surface area contributed by atoms with Gasteiger partial charge in [0.15, 0.2) is 0 Å². The summed E-state index contributed by atoms with van der Waals surface area (Å²) in [5.41, 5.74) is 1.57. The lowest BCUT2D eigenvalue weighted by atomic mass is 9.90. The van der Waals surface area contributed by atoms with Gasteiger partial charge in [-0.2, -0.15) is 0 Å². The molecule has 5 nitrogen and oxygen atoms in total. The van der Waals surface area contributed by atoms with Gasteiger partial charge in [0.25, 0.3) is 0 Å². The van der Waals surface area contributed by atoms with Gasteiger partial charge in [-0.3, -0.25) is 4.79 Å². The molecule has 1 fully saturated rings. The van der Waals surface area contributed by atoms with E-state index in [4.69, 9.17) is 4.74 Å². The third-order valence-corrected chi connectivity index (χ3v) is 5.35. The van der Waals surface area contributed by atoms with Gasteiger partial charge in [0.05, 0.1) is 6.04 Å². The number of aliphatic carboxylic acids is 1. The van der Waals surface area contributed by atoms with Crippen LogP contribution in [0.5, 0.6) is 0 Å². The van der Waals surface area contributed by atoms with Crippen LogP contribution in [-0.2, 0) is 16.1 Å². The molecule has 6 heteroatoms. The fourth-order valence-corrected chi connectivity index (χ4v) is 3.93. The van der Waals surface area contributed by atoms with Crippen LogP contribution in [0.25, 0.3) is 0 Å². The highest BCUT2D eigenvalue weighted by atomic mass is 79.9. The fraction of sp³-hybridized carbons (Fsp3) is 0.300. The molecule has 3 rings (SSSR count). The van der Waals surface area contributed by atoms with Crippen molar-refractivity contribution < 1.29 is 19.4 Å². The van der Waals surface area contributed by atoms with Gasteiger partial charge in [-0.05, 0) is 30.0 Å². The number of carboxylic acid groups (broad SMARTS) is 1. The van der Waals surface area contributed by atoms with Crippen molar-refractivity contribution in [3.8, 4) is 0 Å². The Kier molecular flexibility index (Phi) is 5.93. The van der Waals surface area contributed by atoms with Crippen molar-refractivity contribution in [3.05, 3.63) is 70.2 Å². The Morgan fingerprint density at radius 2 is 1.85 bits per heavy atom. The van der Waals surface area contributed by atoms with Gasteiger partial charge in [0.1, 0.15) is 12.5 Å². The normalized spacial score (nSPS) is 17.7. The number of hydrogen-bond donors (Lipinski definition) is 1. The van der Waals surface area contributed by atoms with E-state index < -0.39 is 24.0 Å². The number of nitrogens with zero attached hydrogens (tertiary/aromatic N) is 1. The van der Waals surface area contributed by atoms with Gasteiger partial charge in [0.2, 0.25) is 0 Å². The molecule has 0 aliphatic carbocycles. The molecular weight excluding hydrogens is 398 g/mol. The maximum absolute atomic E-state index is 12.6. The molecule has 0 radical (unpaired) electrons. The van der Waals surface area contributed by atoms with E-state index in [1.807, 2.05) is 48.5 Å². The minimum atomic E-state index is -0.940. The molecule has 0 unspecified atom stereocenters. The molecule has 1 saturated heterocycles. The standard InChI is InChI=1S/C20H20BrNO4/c21-16-10-5-4-9-15(16)18(19(23)24)17-11-6-12-22(17)20(25)26-13-14-7-2-1-3-8-14/h1-5,7-10,17-18H,6,11-13H2,(H,23,24)/t17-,18+/m1/s1. The minimum Gasteiger partial charge on any atom is -0.481 e. The highest BCUT2D eigenvalue weighted by Gasteiger charge is 2.40. The lowest BCUT2D eigenvalue weighted by Gasteiger charge is -2.29. The van der Waals surface area contributed by atoms with Crippen molar-refractivity contribution in [2.24, 2.45) is 0 Å². The molecule has 0 bridgehead atoms. The fourth-order valence-electron chi connectivity index (χ4n) is 3.40. The number of amides is 1. The molecule has 2 aromatic rings. The van der Waals surface area contributed by atoms with Crippen LogP contribution < -0.4 is 0 Å². The zero-order chi connectivity index (χ0) is 18.5. The molecular formula is C20H20BrNO4. The smallest absolute Gasteiger partial charge is 0.410 e. The SMILES string of the molecule is O=C(O)[C@@H](c1ccccc1Br)[C@H]1CCCN1C(=O)OCc1ccccc1. The third-order valence-electron chi connectivity index (χ3n) is 4.63. The van der Waals surface area contributed by atoms with Crippen LogP contribution in [0.3, 0.4) is 0 Å². The molecule has 0 aromatic heterocycles. The Balaban J connectivity index is 1.76. The van der Waals surface area contributed by atoms with Crippen LogP contribution in [0.1, 0.15) is 29.9 Å². The Hall–Kier alpha value is -2.34. The van der Waals surface area contributed by atoms with Crippen LogP contribution in [0.2, 0.25) is 0 Å². The van der Waals surface area contributed by atoms with E-state index in [2.05, 4.69) is 15.9 Å². The summed E-state index contributed by atoms with van der Waals surface area (Å²) in [5, 5.41) is 9.82. The average Bonchev–Trinajstić information content (AvgIpc) is 3.11. The van der Waals surface area contributed by atoms with E-state index in [0.29, 0.717) is 18.5 Å². The van der Waals surface area contributed by atoms with Crippen LogP contribution in [0.15, 0.2) is 59.1 Å². The molecule has 0 saturated carbocycles. The molecule has 1 heterocycles. The van der Waals surface area contributed by atoms with Crippen LogP contribution in [0.4, 0.5) is 4.79 Å². The predicted octanol–water partition coefficient (Wildman–Crippen LogP) is 4.42. The first-order valence-electron chi connectivity index (χ1n) is 8.52. The number of carbonyl (C=O) groups excluding carboxylic acids is 1. The predicted molar refractivity (Wildman–Crippen MR) is 101 cm³/mol. The van der Waals surface area contributed by atoms with Gasteiger partial charge in [-0.1, -0.05) is 64.5 Å². The lowest BCUT2D eigenvalue weighted by Crippen LogP contribution is -2.42. The van der Waals surface area contributed by atoms with Crippen molar-refractivity contribution in [2.45, 2.75) is 31.4 Å². The molecule has 1 aliphatic rings. The van der Waals surface area contributed by atoms with E-state index in [0.717, 1.165) is 16.5 Å². The second-order valence-corrected chi connectivity index (χ2v) is 7.13. The zero-order valence-electron chi connectivity index (χ0n) is 14.2. The van der Waals surface area contributed by atoms with Crippen LogP contribution in [0, 0.1) is 0 Å². The van der Waals surface area contributed by atoms with Crippen molar-refractivity contribution in [2.75, 3.05) is 6.54 Å². The van der Waals surface area contributed by atoms with Gasteiger partial charge in [0, 0.05) is 11.0 Å². The van der Waals surface area contributed by atoms with Crippen molar-refractivity contribution in [1.82, 2.24) is 4.90 Å². The van der Waals surface area contributed by atoms with E-state index in [1.54, 1.807) is 11.0 Å². The second-order valence-electron chi connectivity index (χ2n) is 6.28. The first-order valence-corrected chi connectivity index (χ1v) is 9.32. The Morgan fingerprint density at radius 1 is 1.15 bits per heavy atom. The van der Waals surface area contributed by atoms with Gasteiger partial charge < -0.3 is 14.7 Å². The maximum Gasteiger partial charge on any atom is 0.410 e. The number of halogens is 1. The van der Waals surface area contributed by atoms with Crippen molar-refractivity contribution >= 4 is 28.0 Å². The Morgan fingerprint density at radius 3 is 2.54 bits per heavy atom. The molecule has 2 aromatic carbocycles. The topological polar surface area (TPSA) is 66.8 Å². The van der Waals surface area contributed by atoms with E-state index in [9.17, 15) is 14.7 Å². The highest BCUT2D eigenvalue weighted by Crippen LogP contribution is 2.35.